The Labute approximate surface area is 117 Å². The lowest BCUT2D eigenvalue weighted by Crippen LogP contribution is -2.63. The molecule has 0 aromatic carbocycles. The Hall–Kier alpha value is -0.130. The standard InChI is InChI=1S/C14H28N2O2S/c1-4-8-19(17,18)9-7-16-10-13(12-5-6-12)15-11-14(16,2)3/h12-13,15H,4-11H2,1-3H3. The quantitative estimate of drug-likeness (QED) is 0.800. The van der Waals surface area contributed by atoms with E-state index in [4.69, 9.17) is 0 Å². The molecule has 1 atom stereocenters. The van der Waals surface area contributed by atoms with Gasteiger partial charge in [0.05, 0.1) is 5.75 Å². The Balaban J connectivity index is 1.91. The van der Waals surface area contributed by atoms with E-state index in [1.807, 2.05) is 6.92 Å². The number of hydrogen-bond donors (Lipinski definition) is 1. The van der Waals surface area contributed by atoms with Crippen molar-refractivity contribution >= 4 is 9.84 Å². The molecule has 0 radical (unpaired) electrons. The highest BCUT2D eigenvalue weighted by Gasteiger charge is 2.40. The normalized spacial score (nSPS) is 28.5. The SMILES string of the molecule is CCCS(=O)(=O)CCN1CC(C2CC2)NCC1(C)C. The first kappa shape index (κ1) is 15.3. The van der Waals surface area contributed by atoms with Gasteiger partial charge in [-0.15, -0.1) is 0 Å². The van der Waals surface area contributed by atoms with Gasteiger partial charge in [0.15, 0.2) is 9.84 Å². The van der Waals surface area contributed by atoms with Crippen LogP contribution < -0.4 is 5.32 Å². The summed E-state index contributed by atoms with van der Waals surface area (Å²) >= 11 is 0. The lowest BCUT2D eigenvalue weighted by molar-refractivity contribution is 0.0670. The Morgan fingerprint density at radius 2 is 1.95 bits per heavy atom. The number of nitrogens with one attached hydrogen (secondary N) is 1. The second kappa shape index (κ2) is 5.70. The molecule has 1 aliphatic carbocycles. The van der Waals surface area contributed by atoms with Gasteiger partial charge in [0, 0.05) is 37.0 Å². The molecular weight excluding hydrogens is 260 g/mol. The summed E-state index contributed by atoms with van der Waals surface area (Å²) in [6.45, 7) is 8.97. The molecule has 2 fully saturated rings. The van der Waals surface area contributed by atoms with Crippen LogP contribution in [-0.4, -0.2) is 56.0 Å². The van der Waals surface area contributed by atoms with Crippen LogP contribution in [0, 0.1) is 5.92 Å². The molecule has 0 aromatic heterocycles. The fourth-order valence-corrected chi connectivity index (χ4v) is 4.24. The van der Waals surface area contributed by atoms with Crippen LogP contribution in [0.2, 0.25) is 0 Å². The Kier molecular flexibility index (Phi) is 4.58. The second-order valence-electron chi connectivity index (χ2n) is 6.74. The largest absolute Gasteiger partial charge is 0.311 e. The Bertz CT molecular complexity index is 402. The highest BCUT2D eigenvalue weighted by Crippen LogP contribution is 2.35. The molecule has 2 aliphatic rings. The van der Waals surface area contributed by atoms with E-state index in [0.29, 0.717) is 24.1 Å². The predicted octanol–water partition coefficient (Wildman–Crippen LogP) is 1.27. The zero-order chi connectivity index (χ0) is 14.1. The second-order valence-corrected chi connectivity index (χ2v) is 9.04. The van der Waals surface area contributed by atoms with E-state index in [1.54, 1.807) is 0 Å². The molecule has 112 valence electrons. The van der Waals surface area contributed by atoms with Crippen LogP contribution >= 0.6 is 0 Å². The van der Waals surface area contributed by atoms with Crippen molar-refractivity contribution in [1.29, 1.82) is 0 Å². The van der Waals surface area contributed by atoms with E-state index >= 15 is 0 Å². The monoisotopic (exact) mass is 288 g/mol. The summed E-state index contributed by atoms with van der Waals surface area (Å²) in [4.78, 5) is 2.37. The van der Waals surface area contributed by atoms with Gasteiger partial charge in [0.25, 0.3) is 0 Å². The molecule has 4 nitrogen and oxygen atoms in total. The first-order valence-electron chi connectivity index (χ1n) is 7.53. The van der Waals surface area contributed by atoms with Crippen LogP contribution in [0.1, 0.15) is 40.0 Å². The topological polar surface area (TPSA) is 49.4 Å². The third-order valence-electron chi connectivity index (χ3n) is 4.45. The number of rotatable bonds is 6. The fourth-order valence-electron chi connectivity index (χ4n) is 2.91. The zero-order valence-corrected chi connectivity index (χ0v) is 13.3. The molecule has 1 unspecified atom stereocenters. The van der Waals surface area contributed by atoms with Gasteiger partial charge in [0.1, 0.15) is 0 Å². The van der Waals surface area contributed by atoms with Crippen molar-refractivity contribution in [1.82, 2.24) is 10.2 Å². The molecular formula is C14H28N2O2S. The van der Waals surface area contributed by atoms with Crippen molar-refractivity contribution in [2.45, 2.75) is 51.6 Å². The summed E-state index contributed by atoms with van der Waals surface area (Å²) in [6, 6.07) is 0.571. The predicted molar refractivity (Wildman–Crippen MR) is 79.1 cm³/mol. The molecule has 1 aliphatic heterocycles. The van der Waals surface area contributed by atoms with Crippen LogP contribution in [0.4, 0.5) is 0 Å². The first-order valence-corrected chi connectivity index (χ1v) is 9.35. The van der Waals surface area contributed by atoms with E-state index < -0.39 is 9.84 Å². The minimum Gasteiger partial charge on any atom is -0.311 e. The van der Waals surface area contributed by atoms with Gasteiger partial charge < -0.3 is 5.32 Å². The van der Waals surface area contributed by atoms with E-state index in [1.165, 1.54) is 12.8 Å². The van der Waals surface area contributed by atoms with Crippen molar-refractivity contribution in [3.63, 3.8) is 0 Å². The molecule has 0 amide bonds. The third kappa shape index (κ3) is 4.17. The summed E-state index contributed by atoms with van der Waals surface area (Å²) in [5, 5.41) is 3.63. The summed E-state index contributed by atoms with van der Waals surface area (Å²) < 4.78 is 23.7. The lowest BCUT2D eigenvalue weighted by Gasteiger charge is -2.46. The lowest BCUT2D eigenvalue weighted by atomic mass is 9.96. The van der Waals surface area contributed by atoms with Crippen LogP contribution in [0.15, 0.2) is 0 Å². The van der Waals surface area contributed by atoms with Gasteiger partial charge in [0.2, 0.25) is 0 Å². The van der Waals surface area contributed by atoms with Gasteiger partial charge in [-0.25, -0.2) is 8.42 Å². The highest BCUT2D eigenvalue weighted by molar-refractivity contribution is 7.91. The maximum atomic E-state index is 11.9. The minimum atomic E-state index is -2.87. The Morgan fingerprint density at radius 1 is 1.26 bits per heavy atom. The third-order valence-corrected chi connectivity index (χ3v) is 6.28. The molecule has 1 saturated carbocycles. The van der Waals surface area contributed by atoms with Crippen LogP contribution in [0.5, 0.6) is 0 Å². The molecule has 1 heterocycles. The Morgan fingerprint density at radius 3 is 2.53 bits per heavy atom. The van der Waals surface area contributed by atoms with Gasteiger partial charge in [-0.2, -0.15) is 0 Å². The summed E-state index contributed by atoms with van der Waals surface area (Å²) in [6.07, 6.45) is 3.39. The van der Waals surface area contributed by atoms with Crippen LogP contribution in [0.3, 0.4) is 0 Å². The smallest absolute Gasteiger partial charge is 0.151 e. The van der Waals surface area contributed by atoms with Crippen molar-refractivity contribution in [2.24, 2.45) is 5.92 Å². The molecule has 19 heavy (non-hydrogen) atoms. The molecule has 0 spiro atoms. The first-order chi connectivity index (χ1) is 8.84. The van der Waals surface area contributed by atoms with E-state index in [-0.39, 0.29) is 5.54 Å². The molecule has 1 N–H and O–H groups in total. The maximum absolute atomic E-state index is 11.9. The molecule has 2 rings (SSSR count). The number of hydrogen-bond acceptors (Lipinski definition) is 4. The van der Waals surface area contributed by atoms with Gasteiger partial charge in [-0.05, 0) is 39.0 Å². The summed E-state index contributed by atoms with van der Waals surface area (Å²) in [5.41, 5.74) is 0.0626. The molecule has 0 bridgehead atoms. The van der Waals surface area contributed by atoms with E-state index in [2.05, 4.69) is 24.1 Å². The molecule has 0 aromatic rings. The summed E-state index contributed by atoms with van der Waals surface area (Å²) in [5.74, 6) is 1.46. The minimum absolute atomic E-state index is 0.0626. The fraction of sp³-hybridized carbons (Fsp3) is 1.00. The van der Waals surface area contributed by atoms with Gasteiger partial charge in [-0.3, -0.25) is 4.90 Å². The van der Waals surface area contributed by atoms with Crippen LogP contribution in [-0.2, 0) is 9.84 Å². The number of piperazine rings is 1. The average Bonchev–Trinajstić information content (AvgIpc) is 3.11. The van der Waals surface area contributed by atoms with Crippen molar-refractivity contribution in [2.75, 3.05) is 31.1 Å². The van der Waals surface area contributed by atoms with E-state index in [0.717, 1.165) is 25.4 Å². The summed E-state index contributed by atoms with van der Waals surface area (Å²) in [7, 11) is -2.87. The molecule has 1 saturated heterocycles. The van der Waals surface area contributed by atoms with Crippen molar-refractivity contribution in [3.8, 4) is 0 Å². The molecule has 5 heteroatoms. The van der Waals surface area contributed by atoms with E-state index in [9.17, 15) is 8.42 Å². The van der Waals surface area contributed by atoms with Crippen molar-refractivity contribution < 1.29 is 8.42 Å². The maximum Gasteiger partial charge on any atom is 0.151 e. The number of nitrogens with zero attached hydrogens (tertiary/aromatic N) is 1. The average molecular weight is 288 g/mol. The van der Waals surface area contributed by atoms with Crippen LogP contribution in [0.25, 0.3) is 0 Å². The number of sulfone groups is 1. The van der Waals surface area contributed by atoms with Crippen molar-refractivity contribution in [3.05, 3.63) is 0 Å². The van der Waals surface area contributed by atoms with Gasteiger partial charge in [-0.1, -0.05) is 6.92 Å². The van der Waals surface area contributed by atoms with Gasteiger partial charge >= 0.3 is 0 Å². The zero-order valence-electron chi connectivity index (χ0n) is 12.5. The highest BCUT2D eigenvalue weighted by atomic mass is 32.2.